The fraction of sp³-hybridized carbons (Fsp3) is 0.667. The minimum absolute atomic E-state index is 0. The second-order valence-electron chi connectivity index (χ2n) is 8.18. The van der Waals surface area contributed by atoms with Crippen LogP contribution in [0.4, 0.5) is 0 Å². The van der Waals surface area contributed by atoms with Crippen LogP contribution in [0.15, 0.2) is 24.3 Å². The van der Waals surface area contributed by atoms with Gasteiger partial charge in [-0.15, -0.1) is 12.4 Å². The first-order valence-corrected chi connectivity index (χ1v) is 12.6. The largest absolute Gasteiger partial charge is 0.350 e. The summed E-state index contributed by atoms with van der Waals surface area (Å²) < 4.78 is 26.4. The third kappa shape index (κ3) is 6.10. The monoisotopic (exact) mass is 477 g/mol. The third-order valence-electron chi connectivity index (χ3n) is 6.23. The lowest BCUT2D eigenvalue weighted by Gasteiger charge is -2.49. The quantitative estimate of drug-likeness (QED) is 0.651. The standard InChI is InChI=1S/C21H32ClN3O3S.ClH/c1-2-16-29(27,28)25-14-12-24(13-15-25)21(10-4-3-5-11-21)17-23-20(26)18-6-8-19(22)9-7-18;/h6-9H,2-5,10-17H2,1H3,(H,23,26);1H. The van der Waals surface area contributed by atoms with Crippen molar-refractivity contribution in [3.05, 3.63) is 34.9 Å². The lowest BCUT2D eigenvalue weighted by molar-refractivity contribution is 0.0240. The van der Waals surface area contributed by atoms with Gasteiger partial charge in [0.15, 0.2) is 0 Å². The molecule has 2 aliphatic rings. The van der Waals surface area contributed by atoms with Gasteiger partial charge in [0.2, 0.25) is 10.0 Å². The van der Waals surface area contributed by atoms with E-state index >= 15 is 0 Å². The molecule has 9 heteroatoms. The number of nitrogens with zero attached hydrogens (tertiary/aromatic N) is 2. The van der Waals surface area contributed by atoms with Gasteiger partial charge in [-0.1, -0.05) is 37.8 Å². The number of carbonyl (C=O) groups is 1. The normalized spacial score (nSPS) is 20.3. The SMILES string of the molecule is CCCS(=O)(=O)N1CCN(C2(CNC(=O)c3ccc(Cl)cc3)CCCCC2)CC1.Cl. The molecule has 170 valence electrons. The van der Waals surface area contributed by atoms with Gasteiger partial charge in [0.1, 0.15) is 0 Å². The molecular weight excluding hydrogens is 445 g/mol. The molecule has 1 heterocycles. The number of hydrogen-bond donors (Lipinski definition) is 1. The van der Waals surface area contributed by atoms with Gasteiger partial charge in [0, 0.05) is 48.8 Å². The smallest absolute Gasteiger partial charge is 0.251 e. The van der Waals surface area contributed by atoms with Gasteiger partial charge in [-0.2, -0.15) is 4.31 Å². The fourth-order valence-electron chi connectivity index (χ4n) is 4.59. The second kappa shape index (κ2) is 11.1. The molecule has 0 radical (unpaired) electrons. The first-order chi connectivity index (χ1) is 13.9. The fourth-order valence-corrected chi connectivity index (χ4v) is 6.21. The zero-order chi connectivity index (χ0) is 20.9. The van der Waals surface area contributed by atoms with Gasteiger partial charge < -0.3 is 5.32 Å². The van der Waals surface area contributed by atoms with Crippen LogP contribution in [-0.2, 0) is 10.0 Å². The summed E-state index contributed by atoms with van der Waals surface area (Å²) in [4.78, 5) is 15.0. The van der Waals surface area contributed by atoms with Gasteiger partial charge in [0.05, 0.1) is 5.75 Å². The highest BCUT2D eigenvalue weighted by molar-refractivity contribution is 7.89. The zero-order valence-corrected chi connectivity index (χ0v) is 20.0. The average molecular weight is 478 g/mol. The van der Waals surface area contributed by atoms with Crippen LogP contribution in [0, 0.1) is 0 Å². The first-order valence-electron chi connectivity index (χ1n) is 10.6. The van der Waals surface area contributed by atoms with E-state index in [0.717, 1.165) is 38.8 Å². The van der Waals surface area contributed by atoms with Crippen molar-refractivity contribution in [2.45, 2.75) is 51.0 Å². The van der Waals surface area contributed by atoms with Gasteiger partial charge in [0.25, 0.3) is 5.91 Å². The molecule has 1 saturated heterocycles. The second-order valence-corrected chi connectivity index (χ2v) is 10.7. The molecular formula is C21H33Cl2N3O3S. The van der Waals surface area contributed by atoms with Crippen molar-refractivity contribution >= 4 is 39.9 Å². The summed E-state index contributed by atoms with van der Waals surface area (Å²) in [7, 11) is -3.15. The maximum absolute atomic E-state index is 12.6. The molecule has 0 unspecified atom stereocenters. The zero-order valence-electron chi connectivity index (χ0n) is 17.6. The molecule has 3 rings (SSSR count). The van der Waals surface area contributed by atoms with Gasteiger partial charge in [-0.3, -0.25) is 9.69 Å². The van der Waals surface area contributed by atoms with Crippen LogP contribution in [-0.4, -0.2) is 67.5 Å². The van der Waals surface area contributed by atoms with Crippen molar-refractivity contribution in [1.29, 1.82) is 0 Å². The molecule has 1 aliphatic heterocycles. The van der Waals surface area contributed by atoms with Crippen molar-refractivity contribution in [3.8, 4) is 0 Å². The topological polar surface area (TPSA) is 69.7 Å². The Morgan fingerprint density at radius 2 is 1.67 bits per heavy atom. The Bertz CT molecular complexity index is 788. The molecule has 1 aromatic rings. The number of rotatable bonds is 7. The van der Waals surface area contributed by atoms with E-state index < -0.39 is 10.0 Å². The van der Waals surface area contributed by atoms with Crippen LogP contribution in [0.5, 0.6) is 0 Å². The summed E-state index contributed by atoms with van der Waals surface area (Å²) in [6.07, 6.45) is 6.22. The van der Waals surface area contributed by atoms with Gasteiger partial charge in [-0.25, -0.2) is 8.42 Å². The minimum Gasteiger partial charge on any atom is -0.350 e. The third-order valence-corrected chi connectivity index (χ3v) is 8.56. The molecule has 6 nitrogen and oxygen atoms in total. The van der Waals surface area contributed by atoms with Crippen molar-refractivity contribution in [3.63, 3.8) is 0 Å². The molecule has 1 aliphatic carbocycles. The van der Waals surface area contributed by atoms with Gasteiger partial charge >= 0.3 is 0 Å². The Balaban J connectivity index is 0.00000320. The maximum Gasteiger partial charge on any atom is 0.251 e. The molecule has 1 amide bonds. The average Bonchev–Trinajstić information content (AvgIpc) is 2.73. The van der Waals surface area contributed by atoms with Crippen molar-refractivity contribution in [2.75, 3.05) is 38.5 Å². The molecule has 0 spiro atoms. The number of sulfonamides is 1. The molecule has 1 aromatic carbocycles. The molecule has 0 bridgehead atoms. The molecule has 2 fully saturated rings. The van der Waals surface area contributed by atoms with Crippen LogP contribution < -0.4 is 5.32 Å². The van der Waals surface area contributed by atoms with E-state index in [0.29, 0.717) is 36.6 Å². The molecule has 30 heavy (non-hydrogen) atoms. The number of benzene rings is 1. The van der Waals surface area contributed by atoms with E-state index in [-0.39, 0.29) is 29.6 Å². The number of hydrogen-bond acceptors (Lipinski definition) is 4. The van der Waals surface area contributed by atoms with E-state index in [9.17, 15) is 13.2 Å². The van der Waals surface area contributed by atoms with Crippen molar-refractivity contribution < 1.29 is 13.2 Å². The maximum atomic E-state index is 12.6. The predicted molar refractivity (Wildman–Crippen MR) is 124 cm³/mol. The van der Waals surface area contributed by atoms with Crippen LogP contribution in [0.25, 0.3) is 0 Å². The number of nitrogens with one attached hydrogen (secondary N) is 1. The highest BCUT2D eigenvalue weighted by Gasteiger charge is 2.40. The highest BCUT2D eigenvalue weighted by atomic mass is 35.5. The van der Waals surface area contributed by atoms with Crippen molar-refractivity contribution in [1.82, 2.24) is 14.5 Å². The van der Waals surface area contributed by atoms with Gasteiger partial charge in [-0.05, 0) is 43.5 Å². The number of carbonyl (C=O) groups excluding carboxylic acids is 1. The summed E-state index contributed by atoms with van der Waals surface area (Å²) in [6.45, 7) is 5.01. The van der Waals surface area contributed by atoms with E-state index in [1.165, 1.54) is 6.42 Å². The summed E-state index contributed by atoms with van der Waals surface area (Å²) in [5, 5.41) is 3.74. The molecule has 0 atom stereocenters. The van der Waals surface area contributed by atoms with Crippen LogP contribution in [0.2, 0.25) is 5.02 Å². The predicted octanol–water partition coefficient (Wildman–Crippen LogP) is 3.55. The first kappa shape index (κ1) is 25.4. The van der Waals surface area contributed by atoms with E-state index in [1.807, 2.05) is 6.92 Å². The number of halogens is 2. The summed E-state index contributed by atoms with van der Waals surface area (Å²) >= 11 is 5.92. The molecule has 1 N–H and O–H groups in total. The Morgan fingerprint density at radius 3 is 2.23 bits per heavy atom. The van der Waals surface area contributed by atoms with E-state index in [1.54, 1.807) is 28.6 Å². The molecule has 1 saturated carbocycles. The Labute approximate surface area is 191 Å². The van der Waals surface area contributed by atoms with E-state index in [4.69, 9.17) is 11.6 Å². The Morgan fingerprint density at radius 1 is 1.07 bits per heavy atom. The highest BCUT2D eigenvalue weighted by Crippen LogP contribution is 2.34. The van der Waals surface area contributed by atoms with Crippen LogP contribution in [0.1, 0.15) is 55.8 Å². The van der Waals surface area contributed by atoms with Crippen LogP contribution >= 0.6 is 24.0 Å². The summed E-state index contributed by atoms with van der Waals surface area (Å²) in [6, 6.07) is 6.93. The lowest BCUT2D eigenvalue weighted by atomic mass is 9.79. The lowest BCUT2D eigenvalue weighted by Crippen LogP contribution is -2.62. The summed E-state index contributed by atoms with van der Waals surface area (Å²) in [5.41, 5.74) is 0.525. The summed E-state index contributed by atoms with van der Waals surface area (Å²) in [5.74, 6) is 0.130. The number of amides is 1. The molecule has 0 aromatic heterocycles. The minimum atomic E-state index is -3.15. The van der Waals surface area contributed by atoms with E-state index in [2.05, 4.69) is 10.2 Å². The Hall–Kier alpha value is -0.860. The van der Waals surface area contributed by atoms with Crippen LogP contribution in [0.3, 0.4) is 0 Å². The Kier molecular flexibility index (Phi) is 9.43. The number of piperazine rings is 1. The van der Waals surface area contributed by atoms with Crippen molar-refractivity contribution in [2.24, 2.45) is 0 Å².